The number of carbonyl (C=O) groups excluding carboxylic acids is 1. The van der Waals surface area contributed by atoms with Crippen molar-refractivity contribution >= 4 is 17.8 Å². The van der Waals surface area contributed by atoms with Gasteiger partial charge in [-0.25, -0.2) is 5.43 Å². The minimum atomic E-state index is -1.23. The molecule has 0 aliphatic rings. The predicted molar refractivity (Wildman–Crippen MR) is 106 cm³/mol. The van der Waals surface area contributed by atoms with E-state index >= 15 is 0 Å². The number of hydrogen-bond acceptors (Lipinski definition) is 4. The summed E-state index contributed by atoms with van der Waals surface area (Å²) in [5.41, 5.74) is 4.99. The standard InChI is InChI=1S/C21H27N3O2/c1-3-14-24(15-4-2)19-12-10-17(11-13-19)16-22-23-21(26)20(25)18-8-6-5-7-9-18/h5-13,16,20,25H,3-4,14-15H2,1-2H3,(H,23,26)/b22-16-/t20-/m1/s1. The molecule has 0 heterocycles. The van der Waals surface area contributed by atoms with Crippen molar-refractivity contribution in [3.05, 3.63) is 65.7 Å². The lowest BCUT2D eigenvalue weighted by molar-refractivity contribution is -0.129. The smallest absolute Gasteiger partial charge is 0.273 e. The maximum absolute atomic E-state index is 11.9. The summed E-state index contributed by atoms with van der Waals surface area (Å²) in [5, 5.41) is 13.9. The molecule has 0 aliphatic carbocycles. The Morgan fingerprint density at radius 3 is 2.27 bits per heavy atom. The first kappa shape index (κ1) is 19.7. The molecule has 1 amide bonds. The van der Waals surface area contributed by atoms with E-state index in [0.29, 0.717) is 5.56 Å². The second-order valence-corrected chi connectivity index (χ2v) is 6.13. The zero-order valence-corrected chi connectivity index (χ0v) is 15.4. The molecule has 0 saturated carbocycles. The van der Waals surface area contributed by atoms with Crippen LogP contribution in [0.2, 0.25) is 0 Å². The molecule has 1 atom stereocenters. The summed E-state index contributed by atoms with van der Waals surface area (Å²) >= 11 is 0. The van der Waals surface area contributed by atoms with Gasteiger partial charge in [0.2, 0.25) is 0 Å². The number of nitrogens with zero attached hydrogens (tertiary/aromatic N) is 2. The Morgan fingerprint density at radius 1 is 1.08 bits per heavy atom. The van der Waals surface area contributed by atoms with Crippen molar-refractivity contribution < 1.29 is 9.90 Å². The van der Waals surface area contributed by atoms with Crippen LogP contribution in [0.15, 0.2) is 59.7 Å². The third-order valence-corrected chi connectivity index (χ3v) is 4.00. The summed E-state index contributed by atoms with van der Waals surface area (Å²) in [6.45, 7) is 6.43. The molecule has 0 aromatic heterocycles. The molecule has 0 saturated heterocycles. The van der Waals surface area contributed by atoms with Gasteiger partial charge in [0, 0.05) is 18.8 Å². The van der Waals surface area contributed by atoms with Crippen LogP contribution in [0.25, 0.3) is 0 Å². The van der Waals surface area contributed by atoms with E-state index in [9.17, 15) is 9.90 Å². The third-order valence-electron chi connectivity index (χ3n) is 4.00. The second-order valence-electron chi connectivity index (χ2n) is 6.13. The number of benzene rings is 2. The number of rotatable bonds is 9. The zero-order valence-electron chi connectivity index (χ0n) is 15.4. The zero-order chi connectivity index (χ0) is 18.8. The highest BCUT2D eigenvalue weighted by molar-refractivity contribution is 5.85. The fraction of sp³-hybridized carbons (Fsp3) is 0.333. The first-order chi connectivity index (χ1) is 12.7. The van der Waals surface area contributed by atoms with Crippen LogP contribution in [0.5, 0.6) is 0 Å². The molecule has 0 unspecified atom stereocenters. The largest absolute Gasteiger partial charge is 0.378 e. The van der Waals surface area contributed by atoms with E-state index in [1.54, 1.807) is 30.5 Å². The van der Waals surface area contributed by atoms with Gasteiger partial charge in [-0.15, -0.1) is 0 Å². The van der Waals surface area contributed by atoms with Gasteiger partial charge < -0.3 is 10.0 Å². The predicted octanol–water partition coefficient (Wildman–Crippen LogP) is 3.50. The second kappa shape index (κ2) is 10.4. The van der Waals surface area contributed by atoms with E-state index in [2.05, 4.69) is 41.4 Å². The molecular weight excluding hydrogens is 326 g/mol. The van der Waals surface area contributed by atoms with Crippen LogP contribution in [0.1, 0.15) is 43.9 Å². The molecule has 0 bridgehead atoms. The van der Waals surface area contributed by atoms with Crippen molar-refractivity contribution in [3.8, 4) is 0 Å². The Hall–Kier alpha value is -2.66. The number of anilines is 1. The van der Waals surface area contributed by atoms with E-state index in [-0.39, 0.29) is 0 Å². The molecule has 2 N–H and O–H groups in total. The lowest BCUT2D eigenvalue weighted by Gasteiger charge is -2.23. The van der Waals surface area contributed by atoms with Crippen molar-refractivity contribution in [1.82, 2.24) is 5.43 Å². The van der Waals surface area contributed by atoms with Gasteiger partial charge in [-0.2, -0.15) is 5.10 Å². The van der Waals surface area contributed by atoms with E-state index < -0.39 is 12.0 Å². The minimum absolute atomic E-state index is 0.538. The molecule has 2 rings (SSSR count). The normalized spacial score (nSPS) is 12.1. The van der Waals surface area contributed by atoms with Gasteiger partial charge in [0.1, 0.15) is 0 Å². The Labute approximate surface area is 155 Å². The summed E-state index contributed by atoms with van der Waals surface area (Å²) in [6.07, 6.45) is 2.56. The van der Waals surface area contributed by atoms with Crippen LogP contribution < -0.4 is 10.3 Å². The first-order valence-electron chi connectivity index (χ1n) is 9.06. The SMILES string of the molecule is CCCN(CCC)c1ccc(/C=N\NC(=O)[C@H](O)c2ccccc2)cc1. The van der Waals surface area contributed by atoms with Crippen LogP contribution in [0.4, 0.5) is 5.69 Å². The van der Waals surface area contributed by atoms with Gasteiger partial charge in [0.05, 0.1) is 6.21 Å². The first-order valence-corrected chi connectivity index (χ1v) is 9.06. The Balaban J connectivity index is 1.92. The Kier molecular flexibility index (Phi) is 7.83. The molecule has 138 valence electrons. The van der Waals surface area contributed by atoms with Crippen molar-refractivity contribution in [2.75, 3.05) is 18.0 Å². The number of aliphatic hydroxyl groups excluding tert-OH is 1. The molecule has 5 heteroatoms. The van der Waals surface area contributed by atoms with E-state index in [1.165, 1.54) is 5.69 Å². The summed E-state index contributed by atoms with van der Waals surface area (Å²) < 4.78 is 0. The quantitative estimate of drug-likeness (QED) is 0.536. The van der Waals surface area contributed by atoms with Crippen molar-refractivity contribution in [3.63, 3.8) is 0 Å². The summed E-state index contributed by atoms with van der Waals surface area (Å²) in [4.78, 5) is 14.3. The van der Waals surface area contributed by atoms with Gasteiger partial charge >= 0.3 is 0 Å². The topological polar surface area (TPSA) is 64.9 Å². The Morgan fingerprint density at radius 2 is 1.69 bits per heavy atom. The van der Waals surface area contributed by atoms with E-state index in [0.717, 1.165) is 31.5 Å². The van der Waals surface area contributed by atoms with Crippen molar-refractivity contribution in [2.45, 2.75) is 32.8 Å². The molecular formula is C21H27N3O2. The lowest BCUT2D eigenvalue weighted by atomic mass is 10.1. The fourth-order valence-corrected chi connectivity index (χ4v) is 2.70. The van der Waals surface area contributed by atoms with Crippen LogP contribution in [0, 0.1) is 0 Å². The number of nitrogens with one attached hydrogen (secondary N) is 1. The molecule has 5 nitrogen and oxygen atoms in total. The average Bonchev–Trinajstić information content (AvgIpc) is 2.68. The highest BCUT2D eigenvalue weighted by Crippen LogP contribution is 2.16. The molecule has 0 fully saturated rings. The summed E-state index contributed by atoms with van der Waals surface area (Å²) in [7, 11) is 0. The maximum atomic E-state index is 11.9. The van der Waals surface area contributed by atoms with Crippen LogP contribution >= 0.6 is 0 Å². The van der Waals surface area contributed by atoms with Crippen molar-refractivity contribution in [2.24, 2.45) is 5.10 Å². The highest BCUT2D eigenvalue weighted by Gasteiger charge is 2.15. The van der Waals surface area contributed by atoms with Crippen LogP contribution in [0.3, 0.4) is 0 Å². The van der Waals surface area contributed by atoms with E-state index in [4.69, 9.17) is 0 Å². The van der Waals surface area contributed by atoms with Crippen LogP contribution in [-0.4, -0.2) is 30.3 Å². The minimum Gasteiger partial charge on any atom is -0.378 e. The average molecular weight is 353 g/mol. The number of carbonyl (C=O) groups is 1. The third kappa shape index (κ3) is 5.70. The summed E-state index contributed by atoms with van der Waals surface area (Å²) in [6, 6.07) is 16.8. The molecule has 2 aromatic rings. The maximum Gasteiger partial charge on any atom is 0.273 e. The van der Waals surface area contributed by atoms with Gasteiger partial charge in [0.15, 0.2) is 6.10 Å². The molecule has 26 heavy (non-hydrogen) atoms. The van der Waals surface area contributed by atoms with E-state index in [1.807, 2.05) is 18.2 Å². The number of amides is 1. The number of hydrogen-bond donors (Lipinski definition) is 2. The van der Waals surface area contributed by atoms with Crippen LogP contribution in [-0.2, 0) is 4.79 Å². The highest BCUT2D eigenvalue weighted by atomic mass is 16.3. The lowest BCUT2D eigenvalue weighted by Crippen LogP contribution is -2.25. The van der Waals surface area contributed by atoms with Gasteiger partial charge in [-0.1, -0.05) is 56.3 Å². The fourth-order valence-electron chi connectivity index (χ4n) is 2.70. The molecule has 0 spiro atoms. The molecule has 0 radical (unpaired) electrons. The summed E-state index contributed by atoms with van der Waals surface area (Å²) in [5.74, 6) is -0.555. The van der Waals surface area contributed by atoms with Gasteiger partial charge in [-0.05, 0) is 36.1 Å². The van der Waals surface area contributed by atoms with Gasteiger partial charge in [0.25, 0.3) is 5.91 Å². The number of hydrazone groups is 1. The monoisotopic (exact) mass is 353 g/mol. The molecule has 0 aliphatic heterocycles. The number of aliphatic hydroxyl groups is 1. The molecule has 2 aromatic carbocycles. The van der Waals surface area contributed by atoms with Crippen molar-refractivity contribution in [1.29, 1.82) is 0 Å². The van der Waals surface area contributed by atoms with Gasteiger partial charge in [-0.3, -0.25) is 4.79 Å². The Bertz CT molecular complexity index is 693.